The van der Waals surface area contributed by atoms with Crippen LogP contribution < -0.4 is 0 Å². The number of carboxylic acid groups (broad SMARTS) is 1. The fourth-order valence-electron chi connectivity index (χ4n) is 4.62. The molecule has 0 saturated heterocycles. The third-order valence-electron chi connectivity index (χ3n) is 6.59. The van der Waals surface area contributed by atoms with E-state index in [2.05, 4.69) is 0 Å². The zero-order valence-corrected chi connectivity index (χ0v) is 16.3. The predicted octanol–water partition coefficient (Wildman–Crippen LogP) is 5.05. The van der Waals surface area contributed by atoms with Gasteiger partial charge in [0.25, 0.3) is 0 Å². The molecule has 0 aromatic heterocycles. The first-order chi connectivity index (χ1) is 12.6. The maximum Gasteiger partial charge on any atom is 0.305 e. The van der Waals surface area contributed by atoms with Crippen LogP contribution in [0.1, 0.15) is 84.0 Å². The Balaban J connectivity index is 0.000000152. The van der Waals surface area contributed by atoms with Crippen LogP contribution in [0.5, 0.6) is 0 Å². The Morgan fingerprint density at radius 3 is 1.50 bits per heavy atom. The van der Waals surface area contributed by atoms with Gasteiger partial charge in [0.1, 0.15) is 0 Å². The molecule has 26 heavy (non-hydrogen) atoms. The molecule has 4 rings (SSSR count). The summed E-state index contributed by atoms with van der Waals surface area (Å²) < 4.78 is 4.95. The number of esters is 1. The van der Waals surface area contributed by atoms with Crippen molar-refractivity contribution >= 4 is 11.9 Å². The highest BCUT2D eigenvalue weighted by molar-refractivity contribution is 5.69. The molecule has 4 aliphatic carbocycles. The molecule has 148 valence electrons. The van der Waals surface area contributed by atoms with Gasteiger partial charge < -0.3 is 9.84 Å². The van der Waals surface area contributed by atoms with Crippen molar-refractivity contribution in [1.29, 1.82) is 0 Å². The van der Waals surface area contributed by atoms with Crippen LogP contribution in [0.15, 0.2) is 0 Å². The SMILES string of the molecule is CCOC(=O)CCC(C1CC1)C1CC1.O=C(O)CCC(C1CC1)C1CC1. The van der Waals surface area contributed by atoms with E-state index in [9.17, 15) is 9.59 Å². The van der Waals surface area contributed by atoms with Gasteiger partial charge in [0.2, 0.25) is 0 Å². The summed E-state index contributed by atoms with van der Waals surface area (Å²) in [4.78, 5) is 21.6. The lowest BCUT2D eigenvalue weighted by molar-refractivity contribution is -0.143. The first-order valence-electron chi connectivity index (χ1n) is 11.0. The number of carbonyl (C=O) groups excluding carboxylic acids is 1. The van der Waals surface area contributed by atoms with Crippen LogP contribution in [-0.2, 0) is 14.3 Å². The molecule has 0 aliphatic heterocycles. The maximum atomic E-state index is 11.2. The van der Waals surface area contributed by atoms with Gasteiger partial charge in [0, 0.05) is 12.8 Å². The van der Waals surface area contributed by atoms with E-state index in [-0.39, 0.29) is 5.97 Å². The Kier molecular flexibility index (Phi) is 6.99. The van der Waals surface area contributed by atoms with Gasteiger partial charge in [0.05, 0.1) is 6.61 Å². The molecule has 4 heteroatoms. The second-order valence-electron chi connectivity index (χ2n) is 8.95. The third kappa shape index (κ3) is 6.92. The van der Waals surface area contributed by atoms with Crippen LogP contribution in [0, 0.1) is 35.5 Å². The Morgan fingerprint density at radius 2 is 1.19 bits per heavy atom. The van der Waals surface area contributed by atoms with Gasteiger partial charge in [-0.1, -0.05) is 0 Å². The van der Waals surface area contributed by atoms with Crippen LogP contribution in [0.2, 0.25) is 0 Å². The van der Waals surface area contributed by atoms with Crippen LogP contribution in [-0.4, -0.2) is 23.7 Å². The van der Waals surface area contributed by atoms with Crippen LogP contribution in [0.25, 0.3) is 0 Å². The van der Waals surface area contributed by atoms with Gasteiger partial charge in [-0.3, -0.25) is 9.59 Å². The number of carboxylic acids is 1. The highest BCUT2D eigenvalue weighted by Gasteiger charge is 2.41. The van der Waals surface area contributed by atoms with Crippen molar-refractivity contribution in [2.45, 2.75) is 84.0 Å². The van der Waals surface area contributed by atoms with E-state index in [1.807, 2.05) is 6.92 Å². The largest absolute Gasteiger partial charge is 0.481 e. The molecular weight excluding hydrogens is 328 g/mol. The van der Waals surface area contributed by atoms with Gasteiger partial charge in [-0.05, 0) is 107 Å². The molecule has 0 heterocycles. The van der Waals surface area contributed by atoms with Gasteiger partial charge in [-0.15, -0.1) is 0 Å². The Hall–Kier alpha value is -1.06. The van der Waals surface area contributed by atoms with Gasteiger partial charge in [-0.25, -0.2) is 0 Å². The summed E-state index contributed by atoms with van der Waals surface area (Å²) in [5.41, 5.74) is 0. The van der Waals surface area contributed by atoms with Crippen molar-refractivity contribution in [3.05, 3.63) is 0 Å². The van der Waals surface area contributed by atoms with Crippen LogP contribution in [0.3, 0.4) is 0 Å². The summed E-state index contributed by atoms with van der Waals surface area (Å²) in [7, 11) is 0. The number of hydrogen-bond donors (Lipinski definition) is 1. The molecule has 0 atom stereocenters. The fraction of sp³-hybridized carbons (Fsp3) is 0.909. The summed E-state index contributed by atoms with van der Waals surface area (Å²) in [5, 5.41) is 8.57. The van der Waals surface area contributed by atoms with Crippen molar-refractivity contribution in [3.8, 4) is 0 Å². The number of hydrogen-bond acceptors (Lipinski definition) is 3. The third-order valence-corrected chi connectivity index (χ3v) is 6.59. The number of rotatable bonds is 11. The normalized spacial score (nSPS) is 22.1. The van der Waals surface area contributed by atoms with E-state index in [1.165, 1.54) is 51.4 Å². The van der Waals surface area contributed by atoms with E-state index in [0.29, 0.717) is 19.4 Å². The second-order valence-corrected chi connectivity index (χ2v) is 8.95. The summed E-state index contributed by atoms with van der Waals surface area (Å²) in [6.07, 6.45) is 14.1. The number of ether oxygens (including phenoxy) is 1. The Bertz CT molecular complexity index is 449. The molecule has 4 saturated carbocycles. The zero-order valence-electron chi connectivity index (χ0n) is 16.3. The lowest BCUT2D eigenvalue weighted by Crippen LogP contribution is -2.11. The van der Waals surface area contributed by atoms with Gasteiger partial charge >= 0.3 is 11.9 Å². The molecule has 1 N–H and O–H groups in total. The average Bonchev–Trinajstić information content (AvgIpc) is 3.46. The topological polar surface area (TPSA) is 63.6 Å². The van der Waals surface area contributed by atoms with E-state index < -0.39 is 5.97 Å². The standard InChI is InChI=1S/C12H20O2.C10H16O2/c1-2-14-12(13)8-7-11(9-3-4-9)10-5-6-10;11-10(12)6-5-9(7-1-2-7)8-3-4-8/h9-11H,2-8H2,1H3;7-9H,1-6H2,(H,11,12). The van der Waals surface area contributed by atoms with E-state index in [0.717, 1.165) is 48.3 Å². The van der Waals surface area contributed by atoms with Crippen LogP contribution in [0.4, 0.5) is 0 Å². The molecule has 0 spiro atoms. The quantitative estimate of drug-likeness (QED) is 0.521. The van der Waals surface area contributed by atoms with Crippen molar-refractivity contribution in [1.82, 2.24) is 0 Å². The van der Waals surface area contributed by atoms with Crippen molar-refractivity contribution in [2.75, 3.05) is 6.61 Å². The molecular formula is C22H36O4. The molecule has 4 nitrogen and oxygen atoms in total. The maximum absolute atomic E-state index is 11.2. The molecule has 0 bridgehead atoms. The lowest BCUT2D eigenvalue weighted by Gasteiger charge is -2.14. The molecule has 0 aromatic rings. The lowest BCUT2D eigenvalue weighted by atomic mass is 9.93. The minimum atomic E-state index is -0.624. The molecule has 4 aliphatic rings. The second kappa shape index (κ2) is 9.23. The molecule has 0 unspecified atom stereocenters. The molecule has 4 fully saturated rings. The van der Waals surface area contributed by atoms with E-state index >= 15 is 0 Å². The first kappa shape index (κ1) is 19.7. The fourth-order valence-corrected chi connectivity index (χ4v) is 4.62. The van der Waals surface area contributed by atoms with Crippen molar-refractivity contribution in [2.24, 2.45) is 35.5 Å². The predicted molar refractivity (Wildman–Crippen MR) is 101 cm³/mol. The summed E-state index contributed by atoms with van der Waals surface area (Å²) in [5.74, 6) is 4.70. The highest BCUT2D eigenvalue weighted by atomic mass is 16.5. The smallest absolute Gasteiger partial charge is 0.305 e. The van der Waals surface area contributed by atoms with Crippen molar-refractivity contribution < 1.29 is 19.4 Å². The highest BCUT2D eigenvalue weighted by Crippen LogP contribution is 2.51. The zero-order chi connectivity index (χ0) is 18.5. The average molecular weight is 365 g/mol. The summed E-state index contributed by atoms with van der Waals surface area (Å²) in [6.45, 7) is 2.40. The van der Waals surface area contributed by atoms with E-state index in [4.69, 9.17) is 9.84 Å². The number of aliphatic carboxylic acids is 1. The van der Waals surface area contributed by atoms with Crippen LogP contribution >= 0.6 is 0 Å². The summed E-state index contributed by atoms with van der Waals surface area (Å²) in [6, 6.07) is 0. The van der Waals surface area contributed by atoms with Gasteiger partial charge in [-0.2, -0.15) is 0 Å². The van der Waals surface area contributed by atoms with Gasteiger partial charge in [0.15, 0.2) is 0 Å². The van der Waals surface area contributed by atoms with Crippen molar-refractivity contribution in [3.63, 3.8) is 0 Å². The first-order valence-corrected chi connectivity index (χ1v) is 11.0. The monoisotopic (exact) mass is 364 g/mol. The molecule has 0 aromatic carbocycles. The minimum Gasteiger partial charge on any atom is -0.481 e. The number of carbonyl (C=O) groups is 2. The Morgan fingerprint density at radius 1 is 0.808 bits per heavy atom. The Labute approximate surface area is 158 Å². The summed E-state index contributed by atoms with van der Waals surface area (Å²) >= 11 is 0. The molecule has 0 radical (unpaired) electrons. The van der Waals surface area contributed by atoms with E-state index in [1.54, 1.807) is 0 Å². The molecule has 0 amide bonds. The minimum absolute atomic E-state index is 0.00111.